The highest BCUT2D eigenvalue weighted by Gasteiger charge is 2.32. The van der Waals surface area contributed by atoms with Gasteiger partial charge in [-0.05, 0) is 18.6 Å². The minimum Gasteiger partial charge on any atom is -0.602 e. The highest BCUT2D eigenvalue weighted by molar-refractivity contribution is 6.14. The van der Waals surface area contributed by atoms with Gasteiger partial charge in [0.2, 0.25) is 0 Å². The lowest BCUT2D eigenvalue weighted by Gasteiger charge is -2.37. The Morgan fingerprint density at radius 2 is 2.13 bits per heavy atom. The van der Waals surface area contributed by atoms with Crippen LogP contribution in [0.2, 0.25) is 0 Å². The van der Waals surface area contributed by atoms with Gasteiger partial charge >= 0.3 is 0 Å². The summed E-state index contributed by atoms with van der Waals surface area (Å²) in [6.45, 7) is 2.93. The molecule has 3 N–H and O–H groups in total. The van der Waals surface area contributed by atoms with E-state index in [1.165, 1.54) is 5.01 Å². The fourth-order valence-corrected chi connectivity index (χ4v) is 3.01. The summed E-state index contributed by atoms with van der Waals surface area (Å²) >= 11 is 0. The summed E-state index contributed by atoms with van der Waals surface area (Å²) < 4.78 is 0. The average molecular weight is 315 g/mol. The first-order chi connectivity index (χ1) is 11.2. The molecule has 122 valence electrons. The van der Waals surface area contributed by atoms with Gasteiger partial charge in [-0.25, -0.2) is 5.17 Å². The zero-order chi connectivity index (χ0) is 16.4. The van der Waals surface area contributed by atoms with Crippen LogP contribution >= 0.6 is 0 Å². The van der Waals surface area contributed by atoms with Gasteiger partial charge in [0.1, 0.15) is 0 Å². The number of nitrogens with zero attached hydrogens (tertiary/aromatic N) is 1. The summed E-state index contributed by atoms with van der Waals surface area (Å²) in [4.78, 5) is 12.7. The summed E-state index contributed by atoms with van der Waals surface area (Å²) in [7, 11) is 0. The van der Waals surface area contributed by atoms with Crippen LogP contribution in [0.15, 0.2) is 30.3 Å². The smallest absolute Gasteiger partial charge is 0.300 e. The van der Waals surface area contributed by atoms with E-state index in [1.54, 1.807) is 12.1 Å². The van der Waals surface area contributed by atoms with Gasteiger partial charge in [0.15, 0.2) is 5.69 Å². The van der Waals surface area contributed by atoms with Crippen LogP contribution in [0.4, 0.5) is 11.4 Å². The lowest BCUT2D eigenvalue weighted by atomic mass is 9.98. The van der Waals surface area contributed by atoms with E-state index in [0.29, 0.717) is 29.7 Å². The number of carbonyl (C=O) groups is 1. The van der Waals surface area contributed by atoms with Gasteiger partial charge in [-0.15, -0.1) is 0 Å². The Labute approximate surface area is 134 Å². The van der Waals surface area contributed by atoms with Crippen molar-refractivity contribution in [2.45, 2.75) is 19.8 Å². The van der Waals surface area contributed by atoms with E-state index in [0.717, 1.165) is 23.9 Å². The van der Waals surface area contributed by atoms with E-state index in [4.69, 9.17) is 5.11 Å². The van der Waals surface area contributed by atoms with Crippen molar-refractivity contribution < 1.29 is 15.1 Å². The fraction of sp³-hybridized carbons (Fsp3) is 0.353. The first-order valence-corrected chi connectivity index (χ1v) is 7.95. The van der Waals surface area contributed by atoms with Crippen molar-refractivity contribution in [3.8, 4) is 0 Å². The zero-order valence-corrected chi connectivity index (χ0v) is 13.1. The molecule has 0 saturated heterocycles. The van der Waals surface area contributed by atoms with Crippen LogP contribution in [0.1, 0.15) is 30.1 Å². The summed E-state index contributed by atoms with van der Waals surface area (Å²) in [5, 5.41) is 27.5. The standard InChI is InChI=1S/C17H21N3O3/c1-2-3-10-19-17(22)13-7-8-14(18-9-11-21)12-5-4-6-15(16(12)13)20(19)23/h4-8,18,20-21H,2-3,9-11H2,1H3. The fourth-order valence-electron chi connectivity index (χ4n) is 3.01. The molecular formula is C17H21N3O3. The molecule has 0 aliphatic carbocycles. The van der Waals surface area contributed by atoms with E-state index < -0.39 is 0 Å². The molecule has 1 heterocycles. The van der Waals surface area contributed by atoms with E-state index in [-0.39, 0.29) is 17.7 Å². The number of nitrogens with one attached hydrogen (secondary N) is 2. The van der Waals surface area contributed by atoms with Crippen LogP contribution in [0.25, 0.3) is 10.8 Å². The molecule has 1 unspecified atom stereocenters. The molecule has 1 atom stereocenters. The number of hydrogen-bond acceptors (Lipinski definition) is 4. The number of anilines is 1. The highest BCUT2D eigenvalue weighted by atomic mass is 16.6. The number of aliphatic hydroxyl groups excluding tert-OH is 1. The Kier molecular flexibility index (Phi) is 4.47. The molecular weight excluding hydrogens is 294 g/mol. The van der Waals surface area contributed by atoms with Gasteiger partial charge in [0, 0.05) is 23.7 Å². The number of amides is 1. The van der Waals surface area contributed by atoms with Gasteiger partial charge in [0.05, 0.1) is 24.1 Å². The minimum absolute atomic E-state index is 0.0194. The highest BCUT2D eigenvalue weighted by Crippen LogP contribution is 2.33. The van der Waals surface area contributed by atoms with Crippen LogP contribution in [0.3, 0.4) is 0 Å². The van der Waals surface area contributed by atoms with Crippen molar-refractivity contribution in [2.75, 3.05) is 25.0 Å². The molecule has 3 rings (SSSR count). The third-order valence-electron chi connectivity index (χ3n) is 4.15. The number of hydrogen-bond donors (Lipinski definition) is 3. The van der Waals surface area contributed by atoms with Crippen LogP contribution in [0.5, 0.6) is 0 Å². The topological polar surface area (TPSA) is 80.1 Å². The first-order valence-electron chi connectivity index (χ1n) is 7.95. The van der Waals surface area contributed by atoms with Gasteiger partial charge in [-0.3, -0.25) is 4.79 Å². The van der Waals surface area contributed by atoms with Crippen molar-refractivity contribution >= 4 is 28.1 Å². The molecule has 0 bridgehead atoms. The van der Waals surface area contributed by atoms with Crippen molar-refractivity contribution in [3.63, 3.8) is 0 Å². The molecule has 1 aliphatic rings. The second-order valence-corrected chi connectivity index (χ2v) is 5.65. The molecule has 0 aromatic heterocycles. The number of aliphatic hydroxyl groups is 1. The number of quaternary nitrogens is 1. The first kappa shape index (κ1) is 15.7. The SMILES string of the molecule is CCCCN1C(=O)c2ccc(NCCO)c3cccc(c23)[NH+]1[O-]. The third-order valence-corrected chi connectivity index (χ3v) is 4.15. The Balaban J connectivity index is 2.11. The van der Waals surface area contributed by atoms with Crippen molar-refractivity contribution in [2.24, 2.45) is 0 Å². The van der Waals surface area contributed by atoms with Crippen LogP contribution < -0.4 is 10.5 Å². The van der Waals surface area contributed by atoms with Gasteiger partial charge in [-0.1, -0.05) is 25.5 Å². The van der Waals surface area contributed by atoms with E-state index in [2.05, 4.69) is 5.32 Å². The molecule has 6 heteroatoms. The maximum atomic E-state index is 12.7. The maximum absolute atomic E-state index is 12.7. The molecule has 0 radical (unpaired) electrons. The predicted octanol–water partition coefficient (Wildman–Crippen LogP) is 1.43. The summed E-state index contributed by atoms with van der Waals surface area (Å²) in [5.41, 5.74) is 1.96. The summed E-state index contributed by atoms with van der Waals surface area (Å²) in [5.74, 6) is -0.221. The molecule has 0 fully saturated rings. The largest absolute Gasteiger partial charge is 0.602 e. The molecule has 23 heavy (non-hydrogen) atoms. The van der Waals surface area contributed by atoms with E-state index >= 15 is 0 Å². The van der Waals surface area contributed by atoms with Crippen molar-refractivity contribution in [1.82, 2.24) is 5.01 Å². The van der Waals surface area contributed by atoms with Crippen molar-refractivity contribution in [1.29, 1.82) is 0 Å². The molecule has 0 spiro atoms. The van der Waals surface area contributed by atoms with Gasteiger partial charge < -0.3 is 15.6 Å². The predicted molar refractivity (Wildman–Crippen MR) is 89.5 cm³/mol. The van der Waals surface area contributed by atoms with E-state index in [1.807, 2.05) is 25.1 Å². The number of unbranched alkanes of at least 4 members (excludes halogenated alkanes) is 1. The van der Waals surface area contributed by atoms with Crippen molar-refractivity contribution in [3.05, 3.63) is 41.1 Å². The van der Waals surface area contributed by atoms with Crippen LogP contribution in [-0.2, 0) is 0 Å². The van der Waals surface area contributed by atoms with Crippen LogP contribution in [-0.4, -0.2) is 35.7 Å². The Morgan fingerprint density at radius 1 is 1.30 bits per heavy atom. The molecule has 2 aromatic rings. The summed E-state index contributed by atoms with van der Waals surface area (Å²) in [6, 6.07) is 9.10. The number of rotatable bonds is 6. The number of carbonyl (C=O) groups excluding carboxylic acids is 1. The van der Waals surface area contributed by atoms with Gasteiger partial charge in [-0.2, -0.15) is 5.01 Å². The van der Waals surface area contributed by atoms with E-state index in [9.17, 15) is 10.0 Å². The lowest BCUT2D eigenvalue weighted by molar-refractivity contribution is -0.895. The quantitative estimate of drug-likeness (QED) is 0.705. The molecule has 6 nitrogen and oxygen atoms in total. The molecule has 1 aliphatic heterocycles. The second kappa shape index (κ2) is 6.54. The second-order valence-electron chi connectivity index (χ2n) is 5.65. The third kappa shape index (κ3) is 2.65. The Bertz CT molecular complexity index is 732. The monoisotopic (exact) mass is 315 g/mol. The average Bonchev–Trinajstić information content (AvgIpc) is 2.58. The molecule has 1 amide bonds. The normalized spacial score (nSPS) is 16.9. The summed E-state index contributed by atoms with van der Waals surface area (Å²) in [6.07, 6.45) is 1.73. The minimum atomic E-state index is -0.221. The molecule has 0 saturated carbocycles. The zero-order valence-electron chi connectivity index (χ0n) is 13.1. The maximum Gasteiger partial charge on any atom is 0.300 e. The van der Waals surface area contributed by atoms with Gasteiger partial charge in [0.25, 0.3) is 5.91 Å². The lowest BCUT2D eigenvalue weighted by Crippen LogP contribution is -3.11. The van der Waals surface area contributed by atoms with Crippen LogP contribution in [0, 0.1) is 5.21 Å². The number of benzene rings is 2. The Hall–Kier alpha value is -2.15. The molecule has 2 aromatic carbocycles. The Morgan fingerprint density at radius 3 is 2.87 bits per heavy atom.